The summed E-state index contributed by atoms with van der Waals surface area (Å²) in [5, 5.41) is 3.94. The Labute approximate surface area is 137 Å². The summed E-state index contributed by atoms with van der Waals surface area (Å²) >= 11 is 6.77. The molecule has 0 saturated heterocycles. The number of pyridine rings is 2. The molecule has 8 heteroatoms. The summed E-state index contributed by atoms with van der Waals surface area (Å²) < 4.78 is 6.87. The van der Waals surface area contributed by atoms with Gasteiger partial charge in [-0.3, -0.25) is 9.97 Å². The number of aromatic nitrogens is 4. The summed E-state index contributed by atoms with van der Waals surface area (Å²) in [5.41, 5.74) is 7.68. The molecule has 0 saturated carbocycles. The molecule has 3 heterocycles. The standard InChI is InChI=1S/C13H9Br2N5O/c14-8-3-9(15)11(18-6-8)12-19-13(21-20-12)10-2-1-7(4-16)5-17-10/h1-3,5-6H,4,16H2. The predicted molar refractivity (Wildman–Crippen MR) is 84.1 cm³/mol. The summed E-state index contributed by atoms with van der Waals surface area (Å²) in [6.45, 7) is 0.443. The fourth-order valence-corrected chi connectivity index (χ4v) is 2.84. The van der Waals surface area contributed by atoms with Gasteiger partial charge in [0.25, 0.3) is 5.89 Å². The van der Waals surface area contributed by atoms with Gasteiger partial charge in [-0.1, -0.05) is 11.2 Å². The van der Waals surface area contributed by atoms with E-state index in [0.29, 0.717) is 29.6 Å². The fourth-order valence-electron chi connectivity index (χ4n) is 1.67. The zero-order valence-electron chi connectivity index (χ0n) is 10.6. The highest BCUT2D eigenvalue weighted by molar-refractivity contribution is 9.11. The van der Waals surface area contributed by atoms with E-state index in [4.69, 9.17) is 10.3 Å². The third kappa shape index (κ3) is 3.02. The first-order valence-corrected chi connectivity index (χ1v) is 7.56. The van der Waals surface area contributed by atoms with Crippen LogP contribution in [0.5, 0.6) is 0 Å². The lowest BCUT2D eigenvalue weighted by Crippen LogP contribution is -1.96. The molecule has 6 nitrogen and oxygen atoms in total. The van der Waals surface area contributed by atoms with Crippen molar-refractivity contribution in [3.63, 3.8) is 0 Å². The van der Waals surface area contributed by atoms with Gasteiger partial charge in [0.2, 0.25) is 5.82 Å². The van der Waals surface area contributed by atoms with Crippen molar-refractivity contribution in [2.75, 3.05) is 0 Å². The van der Waals surface area contributed by atoms with Crippen LogP contribution in [0.1, 0.15) is 5.56 Å². The average molecular weight is 411 g/mol. The molecular formula is C13H9Br2N5O. The van der Waals surface area contributed by atoms with Crippen molar-refractivity contribution in [1.29, 1.82) is 0 Å². The van der Waals surface area contributed by atoms with Gasteiger partial charge in [-0.2, -0.15) is 4.98 Å². The van der Waals surface area contributed by atoms with E-state index in [1.165, 1.54) is 0 Å². The molecule has 21 heavy (non-hydrogen) atoms. The molecule has 0 bridgehead atoms. The lowest BCUT2D eigenvalue weighted by Gasteiger charge is -1.98. The van der Waals surface area contributed by atoms with Crippen molar-refractivity contribution in [2.24, 2.45) is 5.73 Å². The topological polar surface area (TPSA) is 90.7 Å². The Morgan fingerprint density at radius 2 is 2.00 bits per heavy atom. The first-order chi connectivity index (χ1) is 10.2. The first-order valence-electron chi connectivity index (χ1n) is 5.98. The van der Waals surface area contributed by atoms with Crippen molar-refractivity contribution in [3.8, 4) is 23.1 Å². The van der Waals surface area contributed by atoms with E-state index in [1.807, 2.05) is 12.1 Å². The van der Waals surface area contributed by atoms with E-state index in [2.05, 4.69) is 52.0 Å². The van der Waals surface area contributed by atoms with Crippen LogP contribution in [0.15, 0.2) is 44.1 Å². The minimum Gasteiger partial charge on any atom is -0.332 e. The molecule has 3 aromatic rings. The molecule has 0 aromatic carbocycles. The molecule has 3 aromatic heterocycles. The van der Waals surface area contributed by atoms with Crippen molar-refractivity contribution >= 4 is 31.9 Å². The summed E-state index contributed by atoms with van der Waals surface area (Å²) in [6, 6.07) is 5.54. The summed E-state index contributed by atoms with van der Waals surface area (Å²) in [7, 11) is 0. The predicted octanol–water partition coefficient (Wildman–Crippen LogP) is 3.18. The number of nitrogens with zero attached hydrogens (tertiary/aromatic N) is 4. The van der Waals surface area contributed by atoms with Crippen molar-refractivity contribution in [3.05, 3.63) is 45.1 Å². The van der Waals surface area contributed by atoms with Crippen LogP contribution in [0.2, 0.25) is 0 Å². The molecule has 3 rings (SSSR count). The number of nitrogens with two attached hydrogens (primary N) is 1. The van der Waals surface area contributed by atoms with Crippen molar-refractivity contribution in [1.82, 2.24) is 20.1 Å². The molecule has 0 spiro atoms. The molecular weight excluding hydrogens is 402 g/mol. The van der Waals surface area contributed by atoms with Gasteiger partial charge in [-0.05, 0) is 49.6 Å². The van der Waals surface area contributed by atoms with Crippen LogP contribution >= 0.6 is 31.9 Å². The summed E-state index contributed by atoms with van der Waals surface area (Å²) in [5.74, 6) is 0.735. The van der Waals surface area contributed by atoms with Crippen LogP contribution in [0.4, 0.5) is 0 Å². The second-order valence-electron chi connectivity index (χ2n) is 4.16. The molecule has 0 aliphatic heterocycles. The van der Waals surface area contributed by atoms with E-state index in [9.17, 15) is 0 Å². The van der Waals surface area contributed by atoms with Gasteiger partial charge in [-0.15, -0.1) is 0 Å². The molecule has 0 aliphatic rings. The van der Waals surface area contributed by atoms with Crippen molar-refractivity contribution in [2.45, 2.75) is 6.54 Å². The van der Waals surface area contributed by atoms with Crippen LogP contribution in [-0.2, 0) is 6.54 Å². The smallest absolute Gasteiger partial charge is 0.276 e. The maximum absolute atomic E-state index is 5.54. The highest BCUT2D eigenvalue weighted by atomic mass is 79.9. The van der Waals surface area contributed by atoms with Gasteiger partial charge in [0.05, 0.1) is 0 Å². The maximum Gasteiger partial charge on any atom is 0.276 e. The van der Waals surface area contributed by atoms with Crippen molar-refractivity contribution < 1.29 is 4.52 Å². The van der Waals surface area contributed by atoms with Gasteiger partial charge < -0.3 is 10.3 Å². The van der Waals surface area contributed by atoms with E-state index >= 15 is 0 Å². The zero-order valence-corrected chi connectivity index (χ0v) is 13.8. The second kappa shape index (κ2) is 6.00. The number of hydrogen-bond donors (Lipinski definition) is 1. The maximum atomic E-state index is 5.54. The largest absolute Gasteiger partial charge is 0.332 e. The van der Waals surface area contributed by atoms with Crippen LogP contribution in [-0.4, -0.2) is 20.1 Å². The van der Waals surface area contributed by atoms with Gasteiger partial charge in [0, 0.05) is 27.9 Å². The lowest BCUT2D eigenvalue weighted by atomic mass is 10.2. The van der Waals surface area contributed by atoms with E-state index in [-0.39, 0.29) is 0 Å². The van der Waals surface area contributed by atoms with Crippen LogP contribution < -0.4 is 5.73 Å². The molecule has 0 fully saturated rings. The quantitative estimate of drug-likeness (QED) is 0.712. The minimum atomic E-state index is 0.338. The summed E-state index contributed by atoms with van der Waals surface area (Å²) in [4.78, 5) is 12.8. The molecule has 0 amide bonds. The second-order valence-corrected chi connectivity index (χ2v) is 5.93. The van der Waals surface area contributed by atoms with Crippen LogP contribution in [0.25, 0.3) is 23.1 Å². The highest BCUT2D eigenvalue weighted by Gasteiger charge is 2.15. The molecule has 2 N–H and O–H groups in total. The lowest BCUT2D eigenvalue weighted by molar-refractivity contribution is 0.430. The minimum absolute atomic E-state index is 0.338. The Morgan fingerprint density at radius 3 is 2.67 bits per heavy atom. The average Bonchev–Trinajstić information content (AvgIpc) is 2.97. The van der Waals surface area contributed by atoms with E-state index in [0.717, 1.165) is 14.5 Å². The number of halogens is 2. The Bertz CT molecular complexity index is 772. The van der Waals surface area contributed by atoms with Crippen LogP contribution in [0, 0.1) is 0 Å². The molecule has 0 unspecified atom stereocenters. The Morgan fingerprint density at radius 1 is 1.14 bits per heavy atom. The molecule has 0 atom stereocenters. The molecule has 0 radical (unpaired) electrons. The third-order valence-electron chi connectivity index (χ3n) is 2.73. The van der Waals surface area contributed by atoms with Gasteiger partial charge in [0.15, 0.2) is 0 Å². The third-order valence-corrected chi connectivity index (χ3v) is 3.76. The van der Waals surface area contributed by atoms with Gasteiger partial charge >= 0.3 is 0 Å². The van der Waals surface area contributed by atoms with E-state index < -0.39 is 0 Å². The Hall–Kier alpha value is -1.64. The monoisotopic (exact) mass is 409 g/mol. The SMILES string of the molecule is NCc1ccc(-c2nc(-c3ncc(Br)cc3Br)no2)nc1. The van der Waals surface area contributed by atoms with Crippen LogP contribution in [0.3, 0.4) is 0 Å². The number of rotatable bonds is 3. The van der Waals surface area contributed by atoms with E-state index in [1.54, 1.807) is 18.5 Å². The normalized spacial score (nSPS) is 10.8. The Kier molecular flexibility index (Phi) is 4.09. The molecule has 0 aliphatic carbocycles. The number of hydrogen-bond acceptors (Lipinski definition) is 6. The van der Waals surface area contributed by atoms with Gasteiger partial charge in [0.1, 0.15) is 11.4 Å². The first kappa shape index (κ1) is 14.3. The molecule has 106 valence electrons. The zero-order chi connectivity index (χ0) is 14.8. The summed E-state index contributed by atoms with van der Waals surface area (Å²) in [6.07, 6.45) is 3.36. The Balaban J connectivity index is 1.95. The fraction of sp³-hybridized carbons (Fsp3) is 0.0769. The highest BCUT2D eigenvalue weighted by Crippen LogP contribution is 2.27. The van der Waals surface area contributed by atoms with Gasteiger partial charge in [-0.25, -0.2) is 0 Å².